The number of allylic oxidation sites excluding steroid dienone is 6. The third-order valence-electron chi connectivity index (χ3n) is 9.17. The van der Waals surface area contributed by atoms with Crippen molar-refractivity contribution < 1.29 is 4.58 Å². The van der Waals surface area contributed by atoms with Gasteiger partial charge in [-0.25, -0.2) is 0 Å². The van der Waals surface area contributed by atoms with Crippen LogP contribution in [-0.4, -0.2) is 23.9 Å². The number of anilines is 1. The second kappa shape index (κ2) is 13.6. The van der Waals surface area contributed by atoms with Crippen LogP contribution in [0.3, 0.4) is 0 Å². The maximum absolute atomic E-state index is 6.57. The van der Waals surface area contributed by atoms with E-state index < -0.39 is 0 Å². The lowest BCUT2D eigenvalue weighted by atomic mass is 9.76. The van der Waals surface area contributed by atoms with E-state index in [0.29, 0.717) is 0 Å². The predicted octanol–water partition coefficient (Wildman–Crippen LogP) is 11.3. The lowest BCUT2D eigenvalue weighted by Crippen LogP contribution is -2.31. The van der Waals surface area contributed by atoms with Crippen LogP contribution in [-0.2, 0) is 17.3 Å². The van der Waals surface area contributed by atoms with Gasteiger partial charge in [0, 0.05) is 46.1 Å². The molecule has 45 heavy (non-hydrogen) atoms. The first kappa shape index (κ1) is 32.5. The average molecular weight is 616 g/mol. The first-order valence-electron chi connectivity index (χ1n) is 16.5. The number of nitrogens with zero attached hydrogens (tertiary/aromatic N) is 2. The fourth-order valence-corrected chi connectivity index (χ4v) is 7.40. The Bertz CT molecular complexity index is 1790. The molecule has 4 aromatic rings. The van der Waals surface area contributed by atoms with E-state index in [-0.39, 0.29) is 10.8 Å². The number of hydrogen-bond acceptors (Lipinski definition) is 1. The van der Waals surface area contributed by atoms with E-state index >= 15 is 0 Å². The van der Waals surface area contributed by atoms with Gasteiger partial charge in [-0.2, -0.15) is 4.58 Å². The molecule has 1 atom stereocenters. The molecular formula is C42H48ClN2+. The predicted molar refractivity (Wildman–Crippen MR) is 197 cm³/mol. The molecule has 3 heteroatoms. The summed E-state index contributed by atoms with van der Waals surface area (Å²) in [5.74, 6) is 0. The Morgan fingerprint density at radius 3 is 2.27 bits per heavy atom. The Labute approximate surface area is 276 Å². The van der Waals surface area contributed by atoms with Crippen molar-refractivity contribution in [2.75, 3.05) is 18.5 Å². The number of hydrogen-bond donors (Lipinski definition) is 0. The number of fused-ring (bicyclic) bond motifs is 4. The molecule has 0 saturated carbocycles. The van der Waals surface area contributed by atoms with Crippen LogP contribution < -0.4 is 4.90 Å². The second-order valence-corrected chi connectivity index (χ2v) is 13.5. The fraction of sp³-hybridized carbons (Fsp3) is 0.310. The van der Waals surface area contributed by atoms with E-state index in [0.717, 1.165) is 24.4 Å². The van der Waals surface area contributed by atoms with Gasteiger partial charge in [-0.3, -0.25) is 0 Å². The Morgan fingerprint density at radius 1 is 0.822 bits per heavy atom. The summed E-state index contributed by atoms with van der Waals surface area (Å²) in [6, 6.07) is 30.4. The van der Waals surface area contributed by atoms with Gasteiger partial charge in [0.25, 0.3) is 0 Å². The van der Waals surface area contributed by atoms with Crippen LogP contribution in [0.2, 0.25) is 5.02 Å². The zero-order valence-corrected chi connectivity index (χ0v) is 28.8. The summed E-state index contributed by atoms with van der Waals surface area (Å²) in [4.78, 5) is 2.49. The fourth-order valence-electron chi connectivity index (χ4n) is 7.23. The quantitative estimate of drug-likeness (QED) is 0.148. The monoisotopic (exact) mass is 615 g/mol. The third-order valence-corrected chi connectivity index (χ3v) is 9.41. The summed E-state index contributed by atoms with van der Waals surface area (Å²) in [6.07, 6.45) is 14.4. The van der Waals surface area contributed by atoms with E-state index in [9.17, 15) is 0 Å². The van der Waals surface area contributed by atoms with Gasteiger partial charge in [0.1, 0.15) is 7.05 Å². The largest absolute Gasteiger partial charge is 0.344 e. The summed E-state index contributed by atoms with van der Waals surface area (Å²) >= 11 is 6.57. The molecule has 0 spiro atoms. The van der Waals surface area contributed by atoms with Crippen molar-refractivity contribution >= 4 is 39.5 Å². The SMILES string of the molecule is CCC.CCCN1/C(=C/C=C/C=C/C2=[N+](C)c3ccc4ccccc4c3C2(C)C)C(C)(Cc2ccccc2)c2cc(Cl)ccc21. The van der Waals surface area contributed by atoms with Gasteiger partial charge in [0.15, 0.2) is 5.71 Å². The summed E-state index contributed by atoms with van der Waals surface area (Å²) in [5.41, 5.74) is 8.94. The van der Waals surface area contributed by atoms with Crippen molar-refractivity contribution in [2.24, 2.45) is 0 Å². The van der Waals surface area contributed by atoms with Crippen LogP contribution in [0.15, 0.2) is 121 Å². The molecule has 2 heterocycles. The highest BCUT2D eigenvalue weighted by Crippen LogP contribution is 2.50. The maximum Gasteiger partial charge on any atom is 0.210 e. The molecule has 0 fully saturated rings. The molecule has 0 amide bonds. The minimum Gasteiger partial charge on any atom is -0.344 e. The standard InChI is InChI=1S/C39H40ClN2.C3H8/c1-6-25-42-33-24-22-30(40)26-32(33)39(4,27-28-15-9-7-10-16-28)36(42)20-12-8-11-19-35-38(2,3)37-31-18-14-13-17-29(31)21-23-34(37)41(35)5;1-3-2/h7-24,26H,6,25,27H2,1-5H3;3H2,1-2H3/q+1;. The molecule has 0 N–H and O–H groups in total. The van der Waals surface area contributed by atoms with Crippen molar-refractivity contribution in [3.05, 3.63) is 143 Å². The summed E-state index contributed by atoms with van der Waals surface area (Å²) in [5, 5.41) is 3.42. The smallest absolute Gasteiger partial charge is 0.210 e. The minimum absolute atomic E-state index is 0.0910. The van der Waals surface area contributed by atoms with Crippen LogP contribution in [0.5, 0.6) is 0 Å². The zero-order valence-electron chi connectivity index (χ0n) is 28.1. The molecule has 232 valence electrons. The number of rotatable bonds is 7. The van der Waals surface area contributed by atoms with E-state index in [1.54, 1.807) is 0 Å². The first-order valence-corrected chi connectivity index (χ1v) is 16.9. The van der Waals surface area contributed by atoms with E-state index in [4.69, 9.17) is 11.6 Å². The first-order chi connectivity index (χ1) is 21.7. The van der Waals surface area contributed by atoms with Gasteiger partial charge >= 0.3 is 0 Å². The average Bonchev–Trinajstić information content (AvgIpc) is 3.36. The van der Waals surface area contributed by atoms with Crippen molar-refractivity contribution in [2.45, 2.75) is 71.6 Å². The topological polar surface area (TPSA) is 6.25 Å². The van der Waals surface area contributed by atoms with E-state index in [1.807, 2.05) is 6.07 Å². The Kier molecular flexibility index (Phi) is 9.85. The molecule has 2 aliphatic rings. The number of halogens is 1. The Morgan fingerprint density at radius 2 is 1.53 bits per heavy atom. The molecule has 0 radical (unpaired) electrons. The second-order valence-electron chi connectivity index (χ2n) is 13.1. The highest BCUT2D eigenvalue weighted by Gasteiger charge is 2.45. The van der Waals surface area contributed by atoms with Gasteiger partial charge in [-0.1, -0.05) is 112 Å². The minimum atomic E-state index is -0.185. The van der Waals surface area contributed by atoms with Gasteiger partial charge in [0.05, 0.1) is 5.41 Å². The van der Waals surface area contributed by atoms with E-state index in [2.05, 4.69) is 167 Å². The molecule has 2 aliphatic heterocycles. The maximum atomic E-state index is 6.57. The summed E-state index contributed by atoms with van der Waals surface area (Å²) in [7, 11) is 2.19. The van der Waals surface area contributed by atoms with Crippen molar-refractivity contribution in [1.29, 1.82) is 0 Å². The summed E-state index contributed by atoms with van der Waals surface area (Å²) < 4.78 is 2.35. The lowest BCUT2D eigenvalue weighted by molar-refractivity contribution is -0.401. The molecule has 1 unspecified atom stereocenters. The van der Waals surface area contributed by atoms with Crippen LogP contribution in [0.25, 0.3) is 10.8 Å². The van der Waals surface area contributed by atoms with E-state index in [1.165, 1.54) is 56.7 Å². The van der Waals surface area contributed by atoms with Gasteiger partial charge in [-0.05, 0) is 85.9 Å². The molecule has 0 aromatic heterocycles. The molecule has 6 rings (SSSR count). The van der Waals surface area contributed by atoms with Gasteiger partial charge < -0.3 is 4.90 Å². The molecule has 0 saturated heterocycles. The zero-order chi connectivity index (χ0) is 32.2. The van der Waals surface area contributed by atoms with Crippen LogP contribution in [0.4, 0.5) is 11.4 Å². The van der Waals surface area contributed by atoms with Gasteiger partial charge in [0.2, 0.25) is 5.69 Å². The Balaban J connectivity index is 0.00000128. The highest BCUT2D eigenvalue weighted by atomic mass is 35.5. The van der Waals surface area contributed by atoms with Crippen LogP contribution in [0.1, 0.15) is 71.1 Å². The molecule has 4 aromatic carbocycles. The van der Waals surface area contributed by atoms with Crippen LogP contribution in [0, 0.1) is 0 Å². The third kappa shape index (κ3) is 6.18. The number of benzene rings is 4. The molecule has 2 nitrogen and oxygen atoms in total. The van der Waals surface area contributed by atoms with Crippen LogP contribution >= 0.6 is 11.6 Å². The van der Waals surface area contributed by atoms with Crippen molar-refractivity contribution in [3.63, 3.8) is 0 Å². The Hall–Kier alpha value is -3.88. The van der Waals surface area contributed by atoms with Crippen molar-refractivity contribution in [3.8, 4) is 0 Å². The van der Waals surface area contributed by atoms with Crippen molar-refractivity contribution in [1.82, 2.24) is 0 Å². The lowest BCUT2D eigenvalue weighted by Gasteiger charge is -2.30. The molecule has 0 aliphatic carbocycles. The normalized spacial score (nSPS) is 19.5. The molecule has 0 bridgehead atoms. The molecular weight excluding hydrogens is 568 g/mol. The summed E-state index contributed by atoms with van der Waals surface area (Å²) in [6.45, 7) is 14.5. The van der Waals surface area contributed by atoms with Gasteiger partial charge in [-0.15, -0.1) is 0 Å². The highest BCUT2D eigenvalue weighted by molar-refractivity contribution is 6.30.